The molecule has 2 heteroatoms. The molecule has 2 aromatic carbocycles. The van der Waals surface area contributed by atoms with Crippen molar-refractivity contribution in [2.75, 3.05) is 6.61 Å². The van der Waals surface area contributed by atoms with E-state index in [0.717, 1.165) is 11.5 Å². The molecule has 0 amide bonds. The minimum absolute atomic E-state index is 0.298. The van der Waals surface area contributed by atoms with E-state index in [1.807, 2.05) is 0 Å². The second-order valence-corrected chi connectivity index (χ2v) is 5.12. The Morgan fingerprint density at radius 1 is 1.11 bits per heavy atom. The van der Waals surface area contributed by atoms with E-state index >= 15 is 0 Å². The standard InChI is InChI=1S/C16H17NO/c1-11(2)15-10-18-16(17-15)14-8-7-12-5-3-4-6-13(12)9-14/h3-9,11,15H,10H2,1-2H3. The highest BCUT2D eigenvalue weighted by Crippen LogP contribution is 2.21. The third kappa shape index (κ3) is 1.99. The predicted molar refractivity (Wildman–Crippen MR) is 75.1 cm³/mol. The Morgan fingerprint density at radius 2 is 1.89 bits per heavy atom. The lowest BCUT2D eigenvalue weighted by molar-refractivity contribution is 0.292. The molecule has 0 aromatic heterocycles. The van der Waals surface area contributed by atoms with Gasteiger partial charge < -0.3 is 4.74 Å². The van der Waals surface area contributed by atoms with E-state index in [1.165, 1.54) is 10.8 Å². The zero-order valence-corrected chi connectivity index (χ0v) is 10.8. The van der Waals surface area contributed by atoms with Crippen LogP contribution in [0.3, 0.4) is 0 Å². The molecule has 0 radical (unpaired) electrons. The molecule has 2 nitrogen and oxygen atoms in total. The highest BCUT2D eigenvalue weighted by atomic mass is 16.5. The van der Waals surface area contributed by atoms with E-state index in [4.69, 9.17) is 4.74 Å². The first-order chi connectivity index (χ1) is 8.74. The molecule has 2 aromatic rings. The molecule has 0 fully saturated rings. The SMILES string of the molecule is CC(C)C1COC(c2ccc3ccccc3c2)=N1. The lowest BCUT2D eigenvalue weighted by Gasteiger charge is -2.06. The van der Waals surface area contributed by atoms with Crippen LogP contribution in [0.2, 0.25) is 0 Å². The van der Waals surface area contributed by atoms with Gasteiger partial charge in [0.25, 0.3) is 0 Å². The van der Waals surface area contributed by atoms with Crippen molar-refractivity contribution in [1.29, 1.82) is 0 Å². The van der Waals surface area contributed by atoms with Crippen LogP contribution < -0.4 is 0 Å². The maximum Gasteiger partial charge on any atom is 0.216 e. The molecule has 1 unspecified atom stereocenters. The Hall–Kier alpha value is -1.83. The van der Waals surface area contributed by atoms with E-state index in [9.17, 15) is 0 Å². The number of ether oxygens (including phenoxy) is 1. The van der Waals surface area contributed by atoms with Gasteiger partial charge in [-0.05, 0) is 28.8 Å². The highest BCUT2D eigenvalue weighted by Gasteiger charge is 2.22. The zero-order valence-electron chi connectivity index (χ0n) is 10.8. The number of benzene rings is 2. The molecule has 18 heavy (non-hydrogen) atoms. The van der Waals surface area contributed by atoms with Crippen molar-refractivity contribution in [2.24, 2.45) is 10.9 Å². The Kier molecular flexibility index (Phi) is 2.78. The lowest BCUT2D eigenvalue weighted by Crippen LogP contribution is -2.13. The monoisotopic (exact) mass is 239 g/mol. The normalized spacial score (nSPS) is 19.1. The summed E-state index contributed by atoms with van der Waals surface area (Å²) in [7, 11) is 0. The molecule has 0 saturated heterocycles. The number of fused-ring (bicyclic) bond motifs is 1. The van der Waals surface area contributed by atoms with Crippen LogP contribution in [-0.4, -0.2) is 18.5 Å². The fourth-order valence-electron chi connectivity index (χ4n) is 2.21. The summed E-state index contributed by atoms with van der Waals surface area (Å²) < 4.78 is 5.71. The van der Waals surface area contributed by atoms with Crippen LogP contribution >= 0.6 is 0 Å². The van der Waals surface area contributed by atoms with Crippen LogP contribution in [0.1, 0.15) is 19.4 Å². The van der Waals surface area contributed by atoms with E-state index in [1.54, 1.807) is 0 Å². The van der Waals surface area contributed by atoms with Crippen molar-refractivity contribution in [2.45, 2.75) is 19.9 Å². The Bertz CT molecular complexity index is 601. The fourth-order valence-corrected chi connectivity index (χ4v) is 2.21. The molecule has 0 N–H and O–H groups in total. The molecule has 1 aliphatic rings. The van der Waals surface area contributed by atoms with E-state index in [2.05, 4.69) is 61.3 Å². The van der Waals surface area contributed by atoms with Crippen molar-refractivity contribution in [3.63, 3.8) is 0 Å². The van der Waals surface area contributed by atoms with Gasteiger partial charge in [0.1, 0.15) is 6.61 Å². The number of nitrogens with zero attached hydrogens (tertiary/aromatic N) is 1. The van der Waals surface area contributed by atoms with Gasteiger partial charge in [-0.2, -0.15) is 0 Å². The number of hydrogen-bond acceptors (Lipinski definition) is 2. The summed E-state index contributed by atoms with van der Waals surface area (Å²) in [6.07, 6.45) is 0. The molecule has 1 aliphatic heterocycles. The van der Waals surface area contributed by atoms with Crippen molar-refractivity contribution >= 4 is 16.7 Å². The quantitative estimate of drug-likeness (QED) is 0.784. The summed E-state index contributed by atoms with van der Waals surface area (Å²) in [6.45, 7) is 5.07. The maximum absolute atomic E-state index is 5.71. The van der Waals surface area contributed by atoms with Crippen LogP contribution in [-0.2, 0) is 4.74 Å². The van der Waals surface area contributed by atoms with Gasteiger partial charge in [-0.3, -0.25) is 0 Å². The van der Waals surface area contributed by atoms with Crippen LogP contribution in [0.25, 0.3) is 10.8 Å². The molecule has 1 atom stereocenters. The minimum Gasteiger partial charge on any atom is -0.475 e. The largest absolute Gasteiger partial charge is 0.475 e. The average Bonchev–Trinajstić information content (AvgIpc) is 2.88. The van der Waals surface area contributed by atoms with Crippen LogP contribution in [0, 0.1) is 5.92 Å². The van der Waals surface area contributed by atoms with Crippen LogP contribution in [0.5, 0.6) is 0 Å². The summed E-state index contributed by atoms with van der Waals surface area (Å²) in [5.74, 6) is 1.32. The highest BCUT2D eigenvalue weighted by molar-refractivity contribution is 5.99. The van der Waals surface area contributed by atoms with Crippen molar-refractivity contribution in [3.05, 3.63) is 48.0 Å². The Balaban J connectivity index is 1.98. The number of aliphatic imine (C=N–C) groups is 1. The first-order valence-electron chi connectivity index (χ1n) is 6.44. The summed E-state index contributed by atoms with van der Waals surface area (Å²) in [5, 5.41) is 2.48. The van der Waals surface area contributed by atoms with Crippen LogP contribution in [0.4, 0.5) is 0 Å². The second-order valence-electron chi connectivity index (χ2n) is 5.12. The van der Waals surface area contributed by atoms with Gasteiger partial charge >= 0.3 is 0 Å². The molecular formula is C16H17NO. The Labute approximate surface area is 107 Å². The summed E-state index contributed by atoms with van der Waals surface area (Å²) in [6, 6.07) is 15.0. The predicted octanol–water partition coefficient (Wildman–Crippen LogP) is 3.64. The van der Waals surface area contributed by atoms with Crippen molar-refractivity contribution < 1.29 is 4.74 Å². The van der Waals surface area contributed by atoms with E-state index in [0.29, 0.717) is 18.6 Å². The smallest absolute Gasteiger partial charge is 0.216 e. The summed E-state index contributed by atoms with van der Waals surface area (Å²) in [4.78, 5) is 4.66. The third-order valence-electron chi connectivity index (χ3n) is 3.44. The van der Waals surface area contributed by atoms with Gasteiger partial charge in [0.15, 0.2) is 0 Å². The Morgan fingerprint density at radius 3 is 2.61 bits per heavy atom. The number of rotatable bonds is 2. The molecule has 3 rings (SSSR count). The first-order valence-corrected chi connectivity index (χ1v) is 6.44. The second kappa shape index (κ2) is 4.45. The van der Waals surface area contributed by atoms with Gasteiger partial charge in [-0.1, -0.05) is 44.2 Å². The topological polar surface area (TPSA) is 21.6 Å². The van der Waals surface area contributed by atoms with E-state index in [-0.39, 0.29) is 0 Å². The third-order valence-corrected chi connectivity index (χ3v) is 3.44. The van der Waals surface area contributed by atoms with Gasteiger partial charge in [0.05, 0.1) is 6.04 Å². The molecule has 0 spiro atoms. The van der Waals surface area contributed by atoms with Gasteiger partial charge in [0, 0.05) is 5.56 Å². The molecular weight excluding hydrogens is 222 g/mol. The zero-order chi connectivity index (χ0) is 12.5. The molecule has 0 aliphatic carbocycles. The van der Waals surface area contributed by atoms with E-state index < -0.39 is 0 Å². The molecule has 1 heterocycles. The summed E-state index contributed by atoms with van der Waals surface area (Å²) in [5.41, 5.74) is 1.08. The first kappa shape index (κ1) is 11.3. The molecule has 92 valence electrons. The summed E-state index contributed by atoms with van der Waals surface area (Å²) >= 11 is 0. The minimum atomic E-state index is 0.298. The van der Waals surface area contributed by atoms with Crippen LogP contribution in [0.15, 0.2) is 47.5 Å². The van der Waals surface area contributed by atoms with Gasteiger partial charge in [-0.25, -0.2) is 4.99 Å². The fraction of sp³-hybridized carbons (Fsp3) is 0.312. The van der Waals surface area contributed by atoms with Gasteiger partial charge in [-0.15, -0.1) is 0 Å². The van der Waals surface area contributed by atoms with Gasteiger partial charge in [0.2, 0.25) is 5.90 Å². The van der Waals surface area contributed by atoms with Crippen molar-refractivity contribution in [3.8, 4) is 0 Å². The number of hydrogen-bond donors (Lipinski definition) is 0. The average molecular weight is 239 g/mol. The molecule has 0 bridgehead atoms. The molecule has 0 saturated carbocycles. The van der Waals surface area contributed by atoms with Crippen molar-refractivity contribution in [1.82, 2.24) is 0 Å². The maximum atomic E-state index is 5.71. The lowest BCUT2D eigenvalue weighted by atomic mass is 10.1.